The lowest BCUT2D eigenvalue weighted by molar-refractivity contribution is 0.0955. The highest BCUT2D eigenvalue weighted by Gasteiger charge is 2.17. The number of hydrogen-bond donors (Lipinski definition) is 1. The molecule has 0 aliphatic carbocycles. The summed E-state index contributed by atoms with van der Waals surface area (Å²) in [7, 11) is 0. The van der Waals surface area contributed by atoms with Crippen molar-refractivity contribution in [2.24, 2.45) is 0 Å². The second kappa shape index (κ2) is 6.60. The fourth-order valence-electron chi connectivity index (χ4n) is 2.57. The number of nitrogens with one attached hydrogen (secondary N) is 1. The second-order valence-electron chi connectivity index (χ2n) is 5.45. The van der Waals surface area contributed by atoms with E-state index in [0.29, 0.717) is 28.9 Å². The summed E-state index contributed by atoms with van der Waals surface area (Å²) in [5.41, 5.74) is 3.71. The number of carbonyl (C=O) groups is 1. The van der Waals surface area contributed by atoms with Gasteiger partial charge in [0.25, 0.3) is 11.6 Å². The topological polar surface area (TPSA) is 68.0 Å². The molecule has 0 aliphatic rings. The van der Waals surface area contributed by atoms with E-state index in [9.17, 15) is 4.79 Å². The van der Waals surface area contributed by atoms with Crippen LogP contribution in [0.5, 0.6) is 0 Å². The normalized spacial score (nSPS) is 10.9. The predicted molar refractivity (Wildman–Crippen MR) is 88.4 cm³/mol. The monoisotopic (exact) mass is 309 g/mol. The molecule has 0 radical (unpaired) electrons. The lowest BCUT2D eigenvalue weighted by Crippen LogP contribution is -2.26. The van der Waals surface area contributed by atoms with E-state index in [1.807, 2.05) is 38.1 Å². The Morgan fingerprint density at radius 2 is 2.04 bits per heavy atom. The van der Waals surface area contributed by atoms with Crippen LogP contribution in [0.4, 0.5) is 0 Å². The zero-order chi connectivity index (χ0) is 16.2. The van der Waals surface area contributed by atoms with Gasteiger partial charge in [-0.3, -0.25) is 4.79 Å². The first-order valence-corrected chi connectivity index (χ1v) is 7.77. The van der Waals surface area contributed by atoms with Crippen molar-refractivity contribution in [2.45, 2.75) is 26.7 Å². The summed E-state index contributed by atoms with van der Waals surface area (Å²) in [4.78, 5) is 16.9. The molecule has 3 aromatic rings. The number of nitrogens with zero attached hydrogens (tertiary/aromatic N) is 2. The molecule has 5 heteroatoms. The van der Waals surface area contributed by atoms with E-state index in [1.54, 1.807) is 0 Å². The molecular formula is C18H19N3O2. The van der Waals surface area contributed by atoms with Crippen LogP contribution in [0.25, 0.3) is 11.1 Å². The smallest absolute Gasteiger partial charge is 0.258 e. The van der Waals surface area contributed by atoms with Gasteiger partial charge in [0.05, 0.1) is 16.6 Å². The fourth-order valence-corrected chi connectivity index (χ4v) is 2.57. The number of benzene rings is 1. The lowest BCUT2D eigenvalue weighted by atomic mass is 10.1. The molecule has 0 unspecified atom stereocenters. The maximum absolute atomic E-state index is 12.6. The van der Waals surface area contributed by atoms with Gasteiger partial charge in [0.1, 0.15) is 0 Å². The highest BCUT2D eigenvalue weighted by atomic mass is 16.5. The van der Waals surface area contributed by atoms with Gasteiger partial charge < -0.3 is 9.84 Å². The van der Waals surface area contributed by atoms with Crippen LogP contribution in [0.1, 0.15) is 34.2 Å². The molecule has 3 rings (SSSR count). The van der Waals surface area contributed by atoms with Gasteiger partial charge in [-0.05, 0) is 31.4 Å². The second-order valence-corrected chi connectivity index (χ2v) is 5.45. The first kappa shape index (κ1) is 15.2. The first-order valence-electron chi connectivity index (χ1n) is 7.77. The zero-order valence-electron chi connectivity index (χ0n) is 13.3. The molecule has 2 aromatic heterocycles. The summed E-state index contributed by atoms with van der Waals surface area (Å²) in [6.45, 7) is 4.40. The van der Waals surface area contributed by atoms with Crippen LogP contribution in [0.2, 0.25) is 0 Å². The Morgan fingerprint density at radius 1 is 1.26 bits per heavy atom. The van der Waals surface area contributed by atoms with Gasteiger partial charge in [0.2, 0.25) is 0 Å². The molecule has 0 saturated heterocycles. The molecule has 0 fully saturated rings. The van der Waals surface area contributed by atoms with Gasteiger partial charge in [0.15, 0.2) is 0 Å². The molecule has 23 heavy (non-hydrogen) atoms. The largest absolute Gasteiger partial charge is 0.352 e. The molecule has 5 nitrogen and oxygen atoms in total. The Hall–Kier alpha value is -2.69. The number of rotatable bonds is 5. The van der Waals surface area contributed by atoms with Gasteiger partial charge in [-0.25, -0.2) is 4.98 Å². The minimum Gasteiger partial charge on any atom is -0.352 e. The number of amides is 1. The number of aromatic nitrogens is 2. The highest BCUT2D eigenvalue weighted by Crippen LogP contribution is 2.22. The quantitative estimate of drug-likeness (QED) is 0.786. The van der Waals surface area contributed by atoms with Crippen molar-refractivity contribution >= 4 is 17.0 Å². The van der Waals surface area contributed by atoms with Crippen LogP contribution in [-0.4, -0.2) is 22.6 Å². The van der Waals surface area contributed by atoms with Crippen molar-refractivity contribution in [1.29, 1.82) is 0 Å². The third-order valence-corrected chi connectivity index (χ3v) is 3.82. The van der Waals surface area contributed by atoms with Crippen LogP contribution in [-0.2, 0) is 12.8 Å². The van der Waals surface area contributed by atoms with E-state index in [-0.39, 0.29) is 5.91 Å². The SMILES string of the molecule is CCc1cc(C(=O)NCCc2ccccc2)c2c(C)noc2n1. The maximum atomic E-state index is 12.6. The van der Waals surface area contributed by atoms with E-state index >= 15 is 0 Å². The molecule has 2 heterocycles. The molecule has 0 aliphatic heterocycles. The van der Waals surface area contributed by atoms with Gasteiger partial charge in [0, 0.05) is 12.2 Å². The molecule has 0 bridgehead atoms. The minimum absolute atomic E-state index is 0.116. The molecule has 1 aromatic carbocycles. The molecule has 118 valence electrons. The Balaban J connectivity index is 1.78. The molecule has 1 N–H and O–H groups in total. The third kappa shape index (κ3) is 3.23. The summed E-state index contributed by atoms with van der Waals surface area (Å²) in [5.74, 6) is -0.116. The van der Waals surface area contributed by atoms with E-state index < -0.39 is 0 Å². The van der Waals surface area contributed by atoms with Gasteiger partial charge in [-0.15, -0.1) is 0 Å². The van der Waals surface area contributed by atoms with Crippen LogP contribution >= 0.6 is 0 Å². The van der Waals surface area contributed by atoms with Crippen LogP contribution in [0.15, 0.2) is 40.9 Å². The van der Waals surface area contributed by atoms with Crippen molar-refractivity contribution in [3.63, 3.8) is 0 Å². The third-order valence-electron chi connectivity index (χ3n) is 3.82. The summed E-state index contributed by atoms with van der Waals surface area (Å²) in [6, 6.07) is 11.9. The molecule has 0 atom stereocenters. The van der Waals surface area contributed by atoms with Crippen molar-refractivity contribution in [1.82, 2.24) is 15.5 Å². The van der Waals surface area contributed by atoms with Gasteiger partial charge >= 0.3 is 0 Å². The van der Waals surface area contributed by atoms with Gasteiger partial charge in [-0.1, -0.05) is 42.4 Å². The number of carbonyl (C=O) groups excluding carboxylic acids is 1. The Kier molecular flexibility index (Phi) is 4.37. The number of hydrogen-bond acceptors (Lipinski definition) is 4. The standard InChI is InChI=1S/C18H19N3O2/c1-3-14-11-15(16-12(2)21-23-18(16)20-14)17(22)19-10-9-13-7-5-4-6-8-13/h4-8,11H,3,9-10H2,1-2H3,(H,19,22). The van der Waals surface area contributed by atoms with E-state index in [1.165, 1.54) is 5.56 Å². The van der Waals surface area contributed by atoms with Crippen LogP contribution < -0.4 is 5.32 Å². The predicted octanol–water partition coefficient (Wildman–Crippen LogP) is 3.07. The fraction of sp³-hybridized carbons (Fsp3) is 0.278. The Morgan fingerprint density at radius 3 is 2.78 bits per heavy atom. The Labute approximate surface area is 134 Å². The Bertz CT molecular complexity index is 825. The summed E-state index contributed by atoms with van der Waals surface area (Å²) >= 11 is 0. The lowest BCUT2D eigenvalue weighted by Gasteiger charge is -2.07. The van der Waals surface area contributed by atoms with E-state index in [4.69, 9.17) is 4.52 Å². The van der Waals surface area contributed by atoms with Crippen LogP contribution in [0.3, 0.4) is 0 Å². The van der Waals surface area contributed by atoms with Crippen molar-refractivity contribution in [3.05, 3.63) is 58.9 Å². The van der Waals surface area contributed by atoms with E-state index in [0.717, 1.165) is 18.5 Å². The molecule has 1 amide bonds. The molecule has 0 saturated carbocycles. The average molecular weight is 309 g/mol. The number of pyridine rings is 1. The van der Waals surface area contributed by atoms with E-state index in [2.05, 4.69) is 27.6 Å². The summed E-state index contributed by atoms with van der Waals surface area (Å²) < 4.78 is 5.21. The van der Waals surface area contributed by atoms with Crippen molar-refractivity contribution in [3.8, 4) is 0 Å². The summed E-state index contributed by atoms with van der Waals surface area (Å²) in [5, 5.41) is 7.59. The molecule has 0 spiro atoms. The maximum Gasteiger partial charge on any atom is 0.258 e. The first-order chi connectivity index (χ1) is 11.2. The average Bonchev–Trinajstić information content (AvgIpc) is 2.96. The number of aryl methyl sites for hydroxylation is 2. The zero-order valence-corrected chi connectivity index (χ0v) is 13.3. The van der Waals surface area contributed by atoms with Crippen molar-refractivity contribution < 1.29 is 9.32 Å². The summed E-state index contributed by atoms with van der Waals surface area (Å²) in [6.07, 6.45) is 1.53. The molecular weight excluding hydrogens is 290 g/mol. The number of fused-ring (bicyclic) bond motifs is 1. The van der Waals surface area contributed by atoms with Gasteiger partial charge in [-0.2, -0.15) is 0 Å². The van der Waals surface area contributed by atoms with Crippen molar-refractivity contribution in [2.75, 3.05) is 6.54 Å². The van der Waals surface area contributed by atoms with Crippen LogP contribution in [0, 0.1) is 6.92 Å². The minimum atomic E-state index is -0.116. The highest BCUT2D eigenvalue weighted by molar-refractivity contribution is 6.06.